The molecule has 0 aromatic heterocycles. The van der Waals surface area contributed by atoms with Crippen LogP contribution in [0.5, 0.6) is 0 Å². The average Bonchev–Trinajstić information content (AvgIpc) is 2.78. The Morgan fingerprint density at radius 3 is 2.28 bits per heavy atom. The zero-order valence-corrected chi connectivity index (χ0v) is 24.2. The Hall–Kier alpha value is -0.900. The summed E-state index contributed by atoms with van der Waals surface area (Å²) in [6, 6.07) is 0. The summed E-state index contributed by atoms with van der Waals surface area (Å²) in [7, 11) is 0. The highest BCUT2D eigenvalue weighted by Crippen LogP contribution is 2.77. The maximum Gasteiger partial charge on any atom is 0.302 e. The lowest BCUT2D eigenvalue weighted by Crippen LogP contribution is -2.72. The summed E-state index contributed by atoms with van der Waals surface area (Å²) < 4.78 is 12.3. The van der Waals surface area contributed by atoms with Crippen molar-refractivity contribution in [3.63, 3.8) is 0 Å². The maximum atomic E-state index is 13.2. The van der Waals surface area contributed by atoms with Crippen LogP contribution in [0.2, 0.25) is 0 Å². The monoisotopic (exact) mass is 498 g/mol. The van der Waals surface area contributed by atoms with Crippen molar-refractivity contribution in [3.05, 3.63) is 0 Å². The van der Waals surface area contributed by atoms with Gasteiger partial charge in [-0.1, -0.05) is 41.5 Å². The third-order valence-electron chi connectivity index (χ3n) is 14.6. The molecular formula is C32H50O4. The minimum absolute atomic E-state index is 0.0116. The molecule has 5 aliphatic carbocycles. The summed E-state index contributed by atoms with van der Waals surface area (Å²) in [5, 5.41) is 0. The van der Waals surface area contributed by atoms with E-state index in [1.54, 1.807) is 6.92 Å². The van der Waals surface area contributed by atoms with Gasteiger partial charge in [-0.05, 0) is 104 Å². The van der Waals surface area contributed by atoms with E-state index in [2.05, 4.69) is 48.5 Å². The molecule has 0 aromatic carbocycles. The van der Waals surface area contributed by atoms with Crippen molar-refractivity contribution in [3.8, 4) is 0 Å². The fourth-order valence-electron chi connectivity index (χ4n) is 12.4. The van der Waals surface area contributed by atoms with Crippen LogP contribution in [0.4, 0.5) is 0 Å². The molecule has 202 valence electrons. The second-order valence-electron chi connectivity index (χ2n) is 15.8. The van der Waals surface area contributed by atoms with Gasteiger partial charge in [0.15, 0.2) is 5.78 Å². The highest BCUT2D eigenvalue weighted by atomic mass is 16.5. The lowest BCUT2D eigenvalue weighted by Gasteiger charge is -2.75. The van der Waals surface area contributed by atoms with Crippen LogP contribution in [0.1, 0.15) is 113 Å². The molecule has 0 amide bonds. The molecule has 7 aliphatic rings. The lowest BCUT2D eigenvalue weighted by molar-refractivity contribution is -0.294. The quantitative estimate of drug-likeness (QED) is 0.366. The first-order valence-electron chi connectivity index (χ1n) is 15.0. The Morgan fingerprint density at radius 2 is 1.61 bits per heavy atom. The van der Waals surface area contributed by atoms with Crippen molar-refractivity contribution in [2.24, 2.45) is 56.7 Å². The zero-order chi connectivity index (χ0) is 26.1. The average molecular weight is 499 g/mol. The molecule has 7 rings (SSSR count). The number of ketones is 1. The van der Waals surface area contributed by atoms with E-state index >= 15 is 0 Å². The van der Waals surface area contributed by atoms with E-state index in [-0.39, 0.29) is 22.9 Å². The molecule has 2 heterocycles. The summed E-state index contributed by atoms with van der Waals surface area (Å²) in [6.07, 6.45) is 10.5. The molecule has 7 fully saturated rings. The number of esters is 1. The van der Waals surface area contributed by atoms with Crippen molar-refractivity contribution in [2.75, 3.05) is 6.61 Å². The van der Waals surface area contributed by atoms with Gasteiger partial charge in [0.1, 0.15) is 11.7 Å². The summed E-state index contributed by atoms with van der Waals surface area (Å²) in [5.74, 6) is 3.13. The van der Waals surface area contributed by atoms with Crippen LogP contribution in [0.3, 0.4) is 0 Å². The third kappa shape index (κ3) is 2.81. The third-order valence-corrected chi connectivity index (χ3v) is 14.6. The van der Waals surface area contributed by atoms with E-state index in [0.717, 1.165) is 25.9 Å². The van der Waals surface area contributed by atoms with Crippen molar-refractivity contribution in [1.82, 2.24) is 0 Å². The van der Waals surface area contributed by atoms with Gasteiger partial charge in [-0.15, -0.1) is 0 Å². The molecule has 2 bridgehead atoms. The number of carbonyl (C=O) groups excluding carboxylic acids is 2. The van der Waals surface area contributed by atoms with Crippen molar-refractivity contribution in [2.45, 2.75) is 125 Å². The van der Waals surface area contributed by atoms with Gasteiger partial charge in [-0.25, -0.2) is 0 Å². The summed E-state index contributed by atoms with van der Waals surface area (Å²) in [5.41, 5.74) is 0.422. The Bertz CT molecular complexity index is 987. The number of rotatable bonds is 1. The first-order valence-corrected chi connectivity index (χ1v) is 15.0. The van der Waals surface area contributed by atoms with Crippen LogP contribution in [-0.2, 0) is 19.1 Å². The molecule has 0 unspecified atom stereocenters. The van der Waals surface area contributed by atoms with Gasteiger partial charge in [-0.3, -0.25) is 9.59 Å². The van der Waals surface area contributed by atoms with Crippen LogP contribution in [0.15, 0.2) is 0 Å². The Kier molecular flexibility index (Phi) is 5.21. The van der Waals surface area contributed by atoms with Gasteiger partial charge >= 0.3 is 5.97 Å². The fraction of sp³-hybridized carbons (Fsp3) is 0.938. The van der Waals surface area contributed by atoms with E-state index in [4.69, 9.17) is 9.47 Å². The SMILES string of the molecule is CC(=O)O[C@@H]1CC[C@]2(C)[C@H](CC[C@]3(C)[C@@H]2CC[C@@H]2[C@@H]4[C@@H](C)[C@@]5(C)OC[C@@]4(CC[C@]23C)CC5=O)C1(C)C. The number of fused-ring (bicyclic) bond motifs is 7. The standard InChI is InChI=1S/C32H50O4/c1-19-26-21-9-10-23-28(5)13-12-25(36-20(2)33)27(3,4)22(28)11-14-30(23,7)29(21,6)15-16-32(26)17-24(34)31(19,8)35-18-32/h19,21-23,25-26H,9-18H2,1-8H3/t19-,21-,22-,23-,25-,26+,28-,29-,30-,31-,32-/m1/s1. The van der Waals surface area contributed by atoms with Crippen LogP contribution in [0, 0.1) is 56.7 Å². The predicted molar refractivity (Wildman–Crippen MR) is 140 cm³/mol. The smallest absolute Gasteiger partial charge is 0.302 e. The molecule has 0 aromatic rings. The molecule has 2 aliphatic heterocycles. The van der Waals surface area contributed by atoms with E-state index in [0.29, 0.717) is 51.6 Å². The van der Waals surface area contributed by atoms with Gasteiger partial charge in [0.2, 0.25) is 0 Å². The van der Waals surface area contributed by atoms with Gasteiger partial charge in [0.25, 0.3) is 0 Å². The molecule has 1 spiro atoms. The molecule has 0 N–H and O–H groups in total. The first kappa shape index (κ1) is 25.4. The van der Waals surface area contributed by atoms with E-state index in [1.807, 2.05) is 0 Å². The number of hydrogen-bond acceptors (Lipinski definition) is 4. The van der Waals surface area contributed by atoms with Crippen LogP contribution in [-0.4, -0.2) is 30.1 Å². The van der Waals surface area contributed by atoms with Crippen LogP contribution < -0.4 is 0 Å². The molecule has 11 atom stereocenters. The van der Waals surface area contributed by atoms with Crippen LogP contribution >= 0.6 is 0 Å². The van der Waals surface area contributed by atoms with Gasteiger partial charge in [-0.2, -0.15) is 0 Å². The van der Waals surface area contributed by atoms with Crippen molar-refractivity contribution in [1.29, 1.82) is 0 Å². The predicted octanol–water partition coefficient (Wildman–Crippen LogP) is 6.99. The highest BCUT2D eigenvalue weighted by molar-refractivity contribution is 5.89. The minimum atomic E-state index is -0.578. The summed E-state index contributed by atoms with van der Waals surface area (Å²) in [4.78, 5) is 25.1. The van der Waals surface area contributed by atoms with Crippen molar-refractivity contribution < 1.29 is 19.1 Å². The van der Waals surface area contributed by atoms with Gasteiger partial charge in [0.05, 0.1) is 6.61 Å². The largest absolute Gasteiger partial charge is 0.462 e. The number of hydrogen-bond donors (Lipinski definition) is 0. The van der Waals surface area contributed by atoms with Crippen molar-refractivity contribution >= 4 is 11.8 Å². The Labute approximate surface area is 219 Å². The van der Waals surface area contributed by atoms with Crippen LogP contribution in [0.25, 0.3) is 0 Å². The minimum Gasteiger partial charge on any atom is -0.462 e. The molecular weight excluding hydrogens is 448 g/mol. The highest BCUT2D eigenvalue weighted by Gasteiger charge is 2.73. The van der Waals surface area contributed by atoms with E-state index in [1.165, 1.54) is 38.5 Å². The number of Topliss-reactive ketones (excluding diaryl/α,β-unsaturated/α-hetero) is 1. The number of carbonyl (C=O) groups is 2. The molecule has 4 nitrogen and oxygen atoms in total. The second kappa shape index (κ2) is 7.39. The molecule has 0 radical (unpaired) electrons. The lowest BCUT2D eigenvalue weighted by atomic mass is 9.30. The Morgan fingerprint density at radius 1 is 0.889 bits per heavy atom. The molecule has 4 heteroatoms. The van der Waals surface area contributed by atoms with E-state index < -0.39 is 5.60 Å². The molecule has 2 saturated heterocycles. The molecule has 36 heavy (non-hydrogen) atoms. The maximum absolute atomic E-state index is 13.2. The second-order valence-corrected chi connectivity index (χ2v) is 15.8. The summed E-state index contributed by atoms with van der Waals surface area (Å²) >= 11 is 0. The van der Waals surface area contributed by atoms with Gasteiger partial charge < -0.3 is 9.47 Å². The van der Waals surface area contributed by atoms with E-state index in [9.17, 15) is 9.59 Å². The Balaban J connectivity index is 1.36. The normalized spacial score (nSPS) is 57.2. The topological polar surface area (TPSA) is 52.6 Å². The summed E-state index contributed by atoms with van der Waals surface area (Å²) in [6.45, 7) is 19.5. The first-order chi connectivity index (χ1) is 16.7. The fourth-order valence-corrected chi connectivity index (χ4v) is 12.4. The molecule has 5 saturated carbocycles. The zero-order valence-electron chi connectivity index (χ0n) is 24.2. The number of ether oxygens (including phenoxy) is 2. The van der Waals surface area contributed by atoms with Gasteiger partial charge in [0, 0.05) is 24.2 Å².